The van der Waals surface area contributed by atoms with Crippen molar-refractivity contribution < 1.29 is 4.74 Å². The van der Waals surface area contributed by atoms with E-state index in [2.05, 4.69) is 52.0 Å². The number of halogens is 1. The summed E-state index contributed by atoms with van der Waals surface area (Å²) in [6.45, 7) is 0. The first kappa shape index (κ1) is 16.4. The van der Waals surface area contributed by atoms with E-state index in [4.69, 9.17) is 4.74 Å². The molecule has 0 heterocycles. The highest BCUT2D eigenvalue weighted by atomic mass is 79.9. The molecule has 1 unspecified atom stereocenters. The number of methoxy groups -OCH3 is 1. The Kier molecular flexibility index (Phi) is 5.36. The molecule has 0 fully saturated rings. The van der Waals surface area contributed by atoms with Crippen molar-refractivity contribution in [1.29, 1.82) is 0 Å². The molecule has 0 amide bonds. The van der Waals surface area contributed by atoms with Gasteiger partial charge in [0.15, 0.2) is 0 Å². The maximum absolute atomic E-state index is 5.23. The lowest BCUT2D eigenvalue weighted by molar-refractivity contribution is 0.414. The first-order valence-corrected chi connectivity index (χ1v) is 8.63. The summed E-state index contributed by atoms with van der Waals surface area (Å²) in [5.41, 5.74) is 4.37. The van der Waals surface area contributed by atoms with Crippen molar-refractivity contribution in [3.05, 3.63) is 101 Å². The summed E-state index contributed by atoms with van der Waals surface area (Å²) in [4.78, 5) is 0.0877. The third-order valence-corrected chi connectivity index (χ3v) is 4.78. The highest BCUT2D eigenvalue weighted by Gasteiger charge is 2.13. The second kappa shape index (κ2) is 7.86. The Hall–Kier alpha value is -2.50. The van der Waals surface area contributed by atoms with Gasteiger partial charge >= 0.3 is 0 Å². The van der Waals surface area contributed by atoms with Crippen LogP contribution in [0, 0.1) is 11.8 Å². The van der Waals surface area contributed by atoms with Crippen LogP contribution in [0.25, 0.3) is 0 Å². The fraction of sp³-hybridized carbons (Fsp3) is 0.0909. The minimum atomic E-state index is 0.0877. The van der Waals surface area contributed by atoms with Crippen LogP contribution in [0.5, 0.6) is 5.75 Å². The Morgan fingerprint density at radius 1 is 0.792 bits per heavy atom. The van der Waals surface area contributed by atoms with Crippen LogP contribution in [0.2, 0.25) is 0 Å². The zero-order valence-electron chi connectivity index (χ0n) is 13.4. The fourth-order valence-electron chi connectivity index (χ4n) is 2.45. The zero-order valence-corrected chi connectivity index (χ0v) is 15.0. The van der Waals surface area contributed by atoms with Gasteiger partial charge in [-0.15, -0.1) is 0 Å². The molecule has 1 nitrogen and oxygen atoms in total. The van der Waals surface area contributed by atoms with Crippen molar-refractivity contribution >= 4 is 15.9 Å². The van der Waals surface area contributed by atoms with E-state index in [-0.39, 0.29) is 4.83 Å². The Morgan fingerprint density at radius 3 is 2.17 bits per heavy atom. The predicted octanol–water partition coefficient (Wildman–Crippen LogP) is 5.58. The number of rotatable bonds is 3. The van der Waals surface area contributed by atoms with Gasteiger partial charge in [0, 0.05) is 11.1 Å². The van der Waals surface area contributed by atoms with Gasteiger partial charge in [-0.2, -0.15) is 0 Å². The quantitative estimate of drug-likeness (QED) is 0.428. The molecule has 0 N–H and O–H groups in total. The number of hydrogen-bond donors (Lipinski definition) is 0. The van der Waals surface area contributed by atoms with E-state index in [1.54, 1.807) is 7.11 Å². The largest absolute Gasteiger partial charge is 0.497 e. The van der Waals surface area contributed by atoms with E-state index >= 15 is 0 Å². The minimum absolute atomic E-state index is 0.0877. The van der Waals surface area contributed by atoms with E-state index < -0.39 is 0 Å². The average Bonchev–Trinajstić information content (AvgIpc) is 2.67. The zero-order chi connectivity index (χ0) is 16.8. The highest BCUT2D eigenvalue weighted by Crippen LogP contribution is 2.33. The van der Waals surface area contributed by atoms with Crippen molar-refractivity contribution in [2.45, 2.75) is 4.83 Å². The van der Waals surface area contributed by atoms with Gasteiger partial charge in [-0.1, -0.05) is 76.3 Å². The van der Waals surface area contributed by atoms with Crippen LogP contribution in [0.3, 0.4) is 0 Å². The van der Waals surface area contributed by atoms with Gasteiger partial charge < -0.3 is 4.74 Å². The lowest BCUT2D eigenvalue weighted by Crippen LogP contribution is -1.96. The number of benzene rings is 3. The van der Waals surface area contributed by atoms with Gasteiger partial charge in [-0.05, 0) is 41.5 Å². The van der Waals surface area contributed by atoms with Gasteiger partial charge in [0.05, 0.1) is 11.9 Å². The molecule has 0 saturated carbocycles. The van der Waals surface area contributed by atoms with Gasteiger partial charge in [0.25, 0.3) is 0 Å². The van der Waals surface area contributed by atoms with Gasteiger partial charge in [0.1, 0.15) is 5.75 Å². The first-order chi connectivity index (χ1) is 11.8. The smallest absolute Gasteiger partial charge is 0.118 e. The number of ether oxygens (including phenoxy) is 1. The molecule has 3 aromatic rings. The summed E-state index contributed by atoms with van der Waals surface area (Å²) >= 11 is 3.81. The monoisotopic (exact) mass is 376 g/mol. The van der Waals surface area contributed by atoms with Gasteiger partial charge in [-0.3, -0.25) is 0 Å². The third kappa shape index (κ3) is 3.88. The molecule has 24 heavy (non-hydrogen) atoms. The fourth-order valence-corrected chi connectivity index (χ4v) is 3.15. The van der Waals surface area contributed by atoms with Crippen LogP contribution in [0.1, 0.15) is 27.1 Å². The molecular formula is C22H17BrO. The molecular weight excluding hydrogens is 360 g/mol. The second-order valence-electron chi connectivity index (χ2n) is 5.34. The molecule has 118 valence electrons. The van der Waals surface area contributed by atoms with Crippen LogP contribution in [0.15, 0.2) is 78.9 Å². The summed E-state index contributed by atoms with van der Waals surface area (Å²) in [5.74, 6) is 7.39. The van der Waals surface area contributed by atoms with E-state index in [1.165, 1.54) is 5.56 Å². The lowest BCUT2D eigenvalue weighted by atomic mass is 9.99. The first-order valence-electron chi connectivity index (χ1n) is 7.72. The van der Waals surface area contributed by atoms with Crippen molar-refractivity contribution in [1.82, 2.24) is 0 Å². The highest BCUT2D eigenvalue weighted by molar-refractivity contribution is 9.09. The standard InChI is InChI=1S/C22H17BrO/c1-24-20-15-13-19(14-16-20)22(23)21-10-6-5-9-18(21)12-11-17-7-3-2-4-8-17/h2-10,13-16,22H,1H3. The average molecular weight is 377 g/mol. The Bertz CT molecular complexity index is 858. The Morgan fingerprint density at radius 2 is 1.46 bits per heavy atom. The van der Waals surface area contributed by atoms with E-state index in [0.29, 0.717) is 0 Å². The number of hydrogen-bond acceptors (Lipinski definition) is 1. The molecule has 0 radical (unpaired) electrons. The maximum atomic E-state index is 5.23. The van der Waals surface area contributed by atoms with Crippen LogP contribution in [0.4, 0.5) is 0 Å². The van der Waals surface area contributed by atoms with Crippen molar-refractivity contribution in [3.63, 3.8) is 0 Å². The van der Waals surface area contributed by atoms with Crippen molar-refractivity contribution in [3.8, 4) is 17.6 Å². The van der Waals surface area contributed by atoms with Crippen molar-refractivity contribution in [2.24, 2.45) is 0 Å². The van der Waals surface area contributed by atoms with E-state index in [0.717, 1.165) is 22.4 Å². The van der Waals surface area contributed by atoms with Crippen LogP contribution in [-0.2, 0) is 0 Å². The second-order valence-corrected chi connectivity index (χ2v) is 6.25. The SMILES string of the molecule is COc1ccc(C(Br)c2ccccc2C#Cc2ccccc2)cc1. The third-order valence-electron chi connectivity index (χ3n) is 3.76. The summed E-state index contributed by atoms with van der Waals surface area (Å²) < 4.78 is 5.23. The Labute approximate surface area is 151 Å². The maximum Gasteiger partial charge on any atom is 0.118 e. The van der Waals surface area contributed by atoms with E-state index in [9.17, 15) is 0 Å². The van der Waals surface area contributed by atoms with Crippen LogP contribution < -0.4 is 4.74 Å². The van der Waals surface area contributed by atoms with Crippen molar-refractivity contribution in [2.75, 3.05) is 7.11 Å². The molecule has 0 aromatic heterocycles. The molecule has 3 rings (SSSR count). The molecule has 0 aliphatic heterocycles. The van der Waals surface area contributed by atoms with E-state index in [1.807, 2.05) is 54.6 Å². The molecule has 0 saturated heterocycles. The topological polar surface area (TPSA) is 9.23 Å². The molecule has 1 atom stereocenters. The van der Waals surface area contributed by atoms with Gasteiger partial charge in [-0.25, -0.2) is 0 Å². The molecule has 0 aliphatic carbocycles. The summed E-state index contributed by atoms with van der Waals surface area (Å²) in [6.07, 6.45) is 0. The molecule has 3 aromatic carbocycles. The summed E-state index contributed by atoms with van der Waals surface area (Å²) in [5, 5.41) is 0. The normalized spacial score (nSPS) is 11.2. The molecule has 0 bridgehead atoms. The van der Waals surface area contributed by atoms with Crippen LogP contribution in [-0.4, -0.2) is 7.11 Å². The molecule has 2 heteroatoms. The number of alkyl halides is 1. The molecule has 0 spiro atoms. The molecule has 0 aliphatic rings. The Balaban J connectivity index is 1.92. The minimum Gasteiger partial charge on any atom is -0.497 e. The summed E-state index contributed by atoms with van der Waals surface area (Å²) in [6, 6.07) is 26.4. The summed E-state index contributed by atoms with van der Waals surface area (Å²) in [7, 11) is 1.68. The van der Waals surface area contributed by atoms with Crippen LogP contribution >= 0.6 is 15.9 Å². The van der Waals surface area contributed by atoms with Gasteiger partial charge in [0.2, 0.25) is 0 Å². The lowest BCUT2D eigenvalue weighted by Gasteiger charge is -2.13. The predicted molar refractivity (Wildman–Crippen MR) is 103 cm³/mol.